The lowest BCUT2D eigenvalue weighted by Crippen LogP contribution is -2.37. The zero-order valence-corrected chi connectivity index (χ0v) is 17.3. The van der Waals surface area contributed by atoms with E-state index in [0.29, 0.717) is 19.9 Å². The van der Waals surface area contributed by atoms with Crippen LogP contribution in [0.3, 0.4) is 0 Å². The van der Waals surface area contributed by atoms with Crippen molar-refractivity contribution in [3.63, 3.8) is 0 Å². The van der Waals surface area contributed by atoms with E-state index in [1.807, 2.05) is 36.4 Å². The summed E-state index contributed by atoms with van der Waals surface area (Å²) in [6.07, 6.45) is 0. The normalized spacial score (nSPS) is 12.2. The number of benzene rings is 1. The van der Waals surface area contributed by atoms with Crippen molar-refractivity contribution in [2.75, 3.05) is 0 Å². The van der Waals surface area contributed by atoms with Crippen molar-refractivity contribution in [1.82, 2.24) is 10.3 Å². The van der Waals surface area contributed by atoms with Crippen LogP contribution in [0.5, 0.6) is 0 Å². The highest BCUT2D eigenvalue weighted by molar-refractivity contribution is 7.26. The van der Waals surface area contributed by atoms with Crippen LogP contribution in [-0.2, 0) is 4.79 Å². The van der Waals surface area contributed by atoms with Gasteiger partial charge in [-0.25, -0.2) is 9.78 Å². The van der Waals surface area contributed by atoms with Crippen molar-refractivity contribution in [2.45, 2.75) is 6.04 Å². The van der Waals surface area contributed by atoms with Crippen LogP contribution < -0.4 is 11.1 Å². The van der Waals surface area contributed by atoms with Crippen molar-refractivity contribution in [3.8, 4) is 20.5 Å². The third-order valence-corrected chi connectivity index (χ3v) is 7.55. The molecule has 0 aliphatic rings. The fourth-order valence-electron chi connectivity index (χ4n) is 2.73. The predicted octanol–water partition coefficient (Wildman–Crippen LogP) is 5.02. The van der Waals surface area contributed by atoms with Crippen molar-refractivity contribution in [3.05, 3.63) is 51.7 Å². The number of carbonyl (C=O) groups is 1. The first kappa shape index (κ1) is 18.9. The second-order valence-corrected chi connectivity index (χ2v) is 9.64. The van der Waals surface area contributed by atoms with Gasteiger partial charge in [0.05, 0.1) is 24.7 Å². The number of guanidine groups is 1. The quantitative estimate of drug-likeness (QED) is 0.253. The number of carboxylic acids is 1. The Morgan fingerprint density at radius 2 is 1.96 bits per heavy atom. The molecule has 0 fully saturated rings. The Kier molecular flexibility index (Phi) is 5.07. The molecule has 6 nitrogen and oxygen atoms in total. The van der Waals surface area contributed by atoms with E-state index < -0.39 is 18.0 Å². The number of hydrogen-bond acceptors (Lipinski definition) is 6. The molecule has 10 heteroatoms. The zero-order valence-electron chi connectivity index (χ0n) is 14.1. The molecule has 1 atom stereocenters. The second kappa shape index (κ2) is 7.51. The molecule has 0 spiro atoms. The highest BCUT2D eigenvalue weighted by Gasteiger charge is 2.29. The van der Waals surface area contributed by atoms with E-state index in [9.17, 15) is 9.90 Å². The second-order valence-electron chi connectivity index (χ2n) is 5.81. The standard InChI is InChI=1S/C18H13ClN4O2S3/c19-12-6-5-10(27-12)13-15(14(17(24)25)23-18(20)21)28-16(22-13)11-7-8-3-1-2-4-9(8)26-11/h1-7,14H,(H,24,25)(H4,20,21,23). The average molecular weight is 449 g/mol. The molecule has 4 aromatic rings. The number of hydrogen-bond donors (Lipinski definition) is 4. The van der Waals surface area contributed by atoms with Crippen molar-refractivity contribution in [2.24, 2.45) is 5.73 Å². The van der Waals surface area contributed by atoms with E-state index in [4.69, 9.17) is 27.7 Å². The van der Waals surface area contributed by atoms with Crippen LogP contribution in [0.1, 0.15) is 10.9 Å². The summed E-state index contributed by atoms with van der Waals surface area (Å²) in [5.41, 5.74) is 5.94. The van der Waals surface area contributed by atoms with E-state index in [1.165, 1.54) is 22.7 Å². The van der Waals surface area contributed by atoms with Gasteiger partial charge >= 0.3 is 5.97 Å². The zero-order chi connectivity index (χ0) is 19.8. The van der Waals surface area contributed by atoms with Crippen molar-refractivity contribution < 1.29 is 9.90 Å². The van der Waals surface area contributed by atoms with Gasteiger partial charge in [-0.05, 0) is 29.7 Å². The highest BCUT2D eigenvalue weighted by atomic mass is 35.5. The van der Waals surface area contributed by atoms with Gasteiger partial charge in [0.25, 0.3) is 0 Å². The molecular weight excluding hydrogens is 436 g/mol. The third kappa shape index (κ3) is 3.61. The maximum Gasteiger partial charge on any atom is 0.331 e. The molecule has 1 aromatic carbocycles. The van der Waals surface area contributed by atoms with Crippen LogP contribution in [0.15, 0.2) is 42.5 Å². The SMILES string of the molecule is N=C(N)NC(C(=O)O)c1sc(-c2cc3ccccc3s2)nc1-c1ccc(Cl)s1. The molecule has 1 unspecified atom stereocenters. The summed E-state index contributed by atoms with van der Waals surface area (Å²) < 4.78 is 1.72. The minimum absolute atomic E-state index is 0.417. The number of aromatic nitrogens is 1. The first-order chi connectivity index (χ1) is 13.4. The van der Waals surface area contributed by atoms with Gasteiger partial charge in [-0.1, -0.05) is 29.8 Å². The van der Waals surface area contributed by atoms with Gasteiger partial charge < -0.3 is 16.2 Å². The van der Waals surface area contributed by atoms with Gasteiger partial charge in [0.15, 0.2) is 12.0 Å². The molecule has 28 heavy (non-hydrogen) atoms. The fourth-order valence-corrected chi connectivity index (χ4v) is 6.08. The number of aliphatic carboxylic acids is 1. The van der Waals surface area contributed by atoms with Crippen molar-refractivity contribution in [1.29, 1.82) is 5.41 Å². The van der Waals surface area contributed by atoms with E-state index in [-0.39, 0.29) is 0 Å². The molecule has 3 aromatic heterocycles. The smallest absolute Gasteiger partial charge is 0.331 e. The first-order valence-electron chi connectivity index (χ1n) is 8.01. The van der Waals surface area contributed by atoms with Crippen LogP contribution in [0.25, 0.3) is 30.5 Å². The minimum Gasteiger partial charge on any atom is -0.479 e. The monoisotopic (exact) mass is 448 g/mol. The van der Waals surface area contributed by atoms with Gasteiger partial charge in [-0.15, -0.1) is 34.0 Å². The van der Waals surface area contributed by atoms with Crippen LogP contribution in [-0.4, -0.2) is 22.0 Å². The molecule has 0 aliphatic heterocycles. The number of halogens is 1. The predicted molar refractivity (Wildman–Crippen MR) is 117 cm³/mol. The van der Waals surface area contributed by atoms with Gasteiger partial charge in [0.2, 0.25) is 0 Å². The molecule has 3 heterocycles. The van der Waals surface area contributed by atoms with Gasteiger partial charge in [0.1, 0.15) is 5.01 Å². The van der Waals surface area contributed by atoms with Gasteiger partial charge in [-0.2, -0.15) is 0 Å². The lowest BCUT2D eigenvalue weighted by Gasteiger charge is -2.13. The molecule has 0 radical (unpaired) electrons. The van der Waals surface area contributed by atoms with Crippen LogP contribution in [0, 0.1) is 5.41 Å². The molecular formula is C18H13ClN4O2S3. The Bertz CT molecular complexity index is 1160. The van der Waals surface area contributed by atoms with E-state index in [2.05, 4.69) is 5.32 Å². The Morgan fingerprint density at radius 3 is 2.61 bits per heavy atom. The maximum atomic E-state index is 11.9. The summed E-state index contributed by atoms with van der Waals surface area (Å²) in [7, 11) is 0. The fraction of sp³-hybridized carbons (Fsp3) is 0.0556. The summed E-state index contributed by atoms with van der Waals surface area (Å²) in [6, 6.07) is 12.5. The van der Waals surface area contributed by atoms with E-state index in [0.717, 1.165) is 19.8 Å². The Balaban J connectivity index is 1.88. The molecule has 0 bridgehead atoms. The largest absolute Gasteiger partial charge is 0.479 e. The number of nitrogens with zero attached hydrogens (tertiary/aromatic N) is 1. The molecule has 0 saturated heterocycles. The summed E-state index contributed by atoms with van der Waals surface area (Å²) in [4.78, 5) is 18.8. The summed E-state index contributed by atoms with van der Waals surface area (Å²) in [5.74, 6) is -1.55. The number of fused-ring (bicyclic) bond motifs is 1. The number of rotatable bonds is 5. The number of nitrogens with one attached hydrogen (secondary N) is 2. The topological polar surface area (TPSA) is 112 Å². The third-order valence-electron chi connectivity index (χ3n) is 3.91. The maximum absolute atomic E-state index is 11.9. The average Bonchev–Trinajstić information content (AvgIpc) is 3.36. The summed E-state index contributed by atoms with van der Waals surface area (Å²) >= 11 is 10.3. The number of thiazole rings is 1. The molecule has 142 valence electrons. The highest BCUT2D eigenvalue weighted by Crippen LogP contribution is 2.43. The Labute approximate surface area is 176 Å². The Hall–Kier alpha value is -2.46. The number of nitrogens with two attached hydrogens (primary N) is 1. The lowest BCUT2D eigenvalue weighted by atomic mass is 10.2. The van der Waals surface area contributed by atoms with Crippen molar-refractivity contribution >= 4 is 67.6 Å². The van der Waals surface area contributed by atoms with Crippen LogP contribution >= 0.6 is 45.6 Å². The minimum atomic E-state index is -1.17. The molecule has 0 aliphatic carbocycles. The van der Waals surface area contributed by atoms with Crippen LogP contribution in [0.2, 0.25) is 4.34 Å². The van der Waals surface area contributed by atoms with E-state index in [1.54, 1.807) is 17.4 Å². The van der Waals surface area contributed by atoms with Gasteiger partial charge in [0, 0.05) is 4.70 Å². The number of carboxylic acid groups (broad SMARTS) is 1. The molecule has 0 saturated carbocycles. The summed E-state index contributed by atoms with van der Waals surface area (Å²) in [6.45, 7) is 0. The van der Waals surface area contributed by atoms with E-state index >= 15 is 0 Å². The molecule has 5 N–H and O–H groups in total. The first-order valence-corrected chi connectivity index (χ1v) is 10.8. The lowest BCUT2D eigenvalue weighted by molar-refractivity contribution is -0.139. The number of thiophene rings is 2. The summed E-state index contributed by atoms with van der Waals surface area (Å²) in [5, 5.41) is 21.5. The van der Waals surface area contributed by atoms with Crippen LogP contribution in [0.4, 0.5) is 0 Å². The van der Waals surface area contributed by atoms with Gasteiger partial charge in [-0.3, -0.25) is 5.41 Å². The Morgan fingerprint density at radius 1 is 1.18 bits per heavy atom. The molecule has 4 rings (SSSR count). The molecule has 0 amide bonds.